The molecule has 64 valence electrons. The fourth-order valence-corrected chi connectivity index (χ4v) is 1.40. The van der Waals surface area contributed by atoms with Crippen molar-refractivity contribution < 1.29 is 4.42 Å². The molecule has 0 spiro atoms. The fourth-order valence-electron chi connectivity index (χ4n) is 1.40. The maximum absolute atomic E-state index is 5.35. The van der Waals surface area contributed by atoms with Gasteiger partial charge in [0.2, 0.25) is 0 Å². The van der Waals surface area contributed by atoms with Gasteiger partial charge in [0, 0.05) is 6.07 Å². The van der Waals surface area contributed by atoms with Gasteiger partial charge in [-0.1, -0.05) is 13.8 Å². The molecule has 3 heteroatoms. The molecule has 0 bridgehead atoms. The summed E-state index contributed by atoms with van der Waals surface area (Å²) in [5.74, 6) is 1.43. The van der Waals surface area contributed by atoms with E-state index in [0.717, 1.165) is 11.4 Å². The Morgan fingerprint density at radius 1 is 1.58 bits per heavy atom. The van der Waals surface area contributed by atoms with Gasteiger partial charge in [0.05, 0.1) is 18.3 Å². The Balaban J connectivity index is 2.37. The molecule has 0 radical (unpaired) electrons. The van der Waals surface area contributed by atoms with Crippen LogP contribution < -0.4 is 5.32 Å². The standard InChI is InChI=1S/C9H12N2O/c1-6(2)8-9-7(3-4-12-9)10-5-11-8/h3-6,8H,1-2H3,(H,10,11). The van der Waals surface area contributed by atoms with Crippen LogP contribution in [0.4, 0.5) is 5.69 Å². The van der Waals surface area contributed by atoms with Crippen molar-refractivity contribution in [3.05, 3.63) is 18.1 Å². The number of furan rings is 1. The quantitative estimate of drug-likeness (QED) is 0.692. The van der Waals surface area contributed by atoms with Gasteiger partial charge in [-0.3, -0.25) is 4.99 Å². The minimum Gasteiger partial charge on any atom is -0.465 e. The Hall–Kier alpha value is -1.25. The molecule has 0 aliphatic carbocycles. The zero-order valence-corrected chi connectivity index (χ0v) is 7.24. The number of hydrogen-bond acceptors (Lipinski definition) is 3. The molecule has 0 fully saturated rings. The largest absolute Gasteiger partial charge is 0.465 e. The molecule has 1 atom stereocenters. The first kappa shape index (κ1) is 7.40. The normalized spacial score (nSPS) is 20.8. The van der Waals surface area contributed by atoms with Crippen LogP contribution in [0.5, 0.6) is 0 Å². The van der Waals surface area contributed by atoms with Crippen LogP contribution in [0.1, 0.15) is 25.6 Å². The molecule has 0 saturated heterocycles. The second-order valence-electron chi connectivity index (χ2n) is 3.31. The van der Waals surface area contributed by atoms with Crippen molar-refractivity contribution in [3.63, 3.8) is 0 Å². The lowest BCUT2D eigenvalue weighted by molar-refractivity contribution is 0.405. The van der Waals surface area contributed by atoms with E-state index in [4.69, 9.17) is 4.42 Å². The highest BCUT2D eigenvalue weighted by molar-refractivity contribution is 5.79. The van der Waals surface area contributed by atoms with Crippen LogP contribution in [0.15, 0.2) is 21.7 Å². The topological polar surface area (TPSA) is 37.5 Å². The number of anilines is 1. The van der Waals surface area contributed by atoms with E-state index >= 15 is 0 Å². The zero-order chi connectivity index (χ0) is 8.55. The van der Waals surface area contributed by atoms with Crippen molar-refractivity contribution >= 4 is 12.0 Å². The molecule has 1 aliphatic rings. The molecule has 3 nitrogen and oxygen atoms in total. The summed E-state index contributed by atoms with van der Waals surface area (Å²) in [7, 11) is 0. The number of nitrogens with one attached hydrogen (secondary N) is 1. The predicted molar refractivity (Wildman–Crippen MR) is 48.4 cm³/mol. The second kappa shape index (κ2) is 2.66. The van der Waals surface area contributed by atoms with Crippen LogP contribution in [0.25, 0.3) is 0 Å². The van der Waals surface area contributed by atoms with Crippen molar-refractivity contribution in [1.82, 2.24) is 0 Å². The van der Waals surface area contributed by atoms with E-state index in [0.29, 0.717) is 5.92 Å². The third-order valence-corrected chi connectivity index (χ3v) is 2.05. The van der Waals surface area contributed by atoms with Gasteiger partial charge in [-0.15, -0.1) is 0 Å². The lowest BCUT2D eigenvalue weighted by Gasteiger charge is -2.18. The summed E-state index contributed by atoms with van der Waals surface area (Å²) in [5, 5.41) is 3.04. The summed E-state index contributed by atoms with van der Waals surface area (Å²) in [6, 6.07) is 2.10. The predicted octanol–water partition coefficient (Wildman–Crippen LogP) is 2.43. The van der Waals surface area contributed by atoms with Crippen molar-refractivity contribution in [3.8, 4) is 0 Å². The third-order valence-electron chi connectivity index (χ3n) is 2.05. The molecule has 1 aromatic heterocycles. The van der Waals surface area contributed by atoms with Crippen molar-refractivity contribution in [1.29, 1.82) is 0 Å². The molecule has 1 unspecified atom stereocenters. The fraction of sp³-hybridized carbons (Fsp3) is 0.444. The molecule has 1 N–H and O–H groups in total. The summed E-state index contributed by atoms with van der Waals surface area (Å²) >= 11 is 0. The molecule has 0 aromatic carbocycles. The summed E-state index contributed by atoms with van der Waals surface area (Å²) < 4.78 is 5.35. The van der Waals surface area contributed by atoms with E-state index in [1.807, 2.05) is 6.07 Å². The first-order valence-electron chi connectivity index (χ1n) is 4.14. The molecule has 1 aliphatic heterocycles. The minimum atomic E-state index is 0.177. The number of hydrogen-bond donors (Lipinski definition) is 1. The van der Waals surface area contributed by atoms with Gasteiger partial charge < -0.3 is 9.73 Å². The lowest BCUT2D eigenvalue weighted by Crippen LogP contribution is -2.12. The highest BCUT2D eigenvalue weighted by atomic mass is 16.3. The van der Waals surface area contributed by atoms with Crippen molar-refractivity contribution in [2.24, 2.45) is 10.9 Å². The smallest absolute Gasteiger partial charge is 0.151 e. The molecule has 0 amide bonds. The van der Waals surface area contributed by atoms with E-state index in [1.54, 1.807) is 12.6 Å². The van der Waals surface area contributed by atoms with E-state index in [1.165, 1.54) is 0 Å². The van der Waals surface area contributed by atoms with E-state index in [-0.39, 0.29) is 6.04 Å². The van der Waals surface area contributed by atoms with Crippen LogP contribution in [-0.4, -0.2) is 6.34 Å². The number of fused-ring (bicyclic) bond motifs is 1. The van der Waals surface area contributed by atoms with Crippen LogP contribution >= 0.6 is 0 Å². The Kier molecular flexibility index (Phi) is 1.64. The second-order valence-corrected chi connectivity index (χ2v) is 3.31. The summed E-state index contributed by atoms with van der Waals surface area (Å²) in [4.78, 5) is 4.31. The Morgan fingerprint density at radius 3 is 3.17 bits per heavy atom. The number of nitrogens with zero attached hydrogens (tertiary/aromatic N) is 1. The first-order valence-corrected chi connectivity index (χ1v) is 4.14. The average Bonchev–Trinajstić information content (AvgIpc) is 2.49. The monoisotopic (exact) mass is 164 g/mol. The lowest BCUT2D eigenvalue weighted by atomic mass is 10.0. The first-order chi connectivity index (χ1) is 5.79. The van der Waals surface area contributed by atoms with Crippen LogP contribution in [-0.2, 0) is 0 Å². The summed E-state index contributed by atoms with van der Waals surface area (Å²) in [6.07, 6.45) is 3.43. The maximum Gasteiger partial charge on any atom is 0.151 e. The van der Waals surface area contributed by atoms with Gasteiger partial charge in [0.25, 0.3) is 0 Å². The number of rotatable bonds is 1. The van der Waals surface area contributed by atoms with Crippen LogP contribution in [0, 0.1) is 5.92 Å². The maximum atomic E-state index is 5.35. The van der Waals surface area contributed by atoms with Gasteiger partial charge in [-0.25, -0.2) is 0 Å². The van der Waals surface area contributed by atoms with Gasteiger partial charge in [-0.05, 0) is 5.92 Å². The highest BCUT2D eigenvalue weighted by Crippen LogP contribution is 2.34. The minimum absolute atomic E-state index is 0.177. The zero-order valence-electron chi connectivity index (χ0n) is 7.24. The van der Waals surface area contributed by atoms with Crippen molar-refractivity contribution in [2.75, 3.05) is 5.32 Å². The molecule has 0 saturated carbocycles. The molecule has 2 heterocycles. The van der Waals surface area contributed by atoms with Gasteiger partial charge >= 0.3 is 0 Å². The van der Waals surface area contributed by atoms with E-state index in [9.17, 15) is 0 Å². The van der Waals surface area contributed by atoms with Crippen LogP contribution in [0.3, 0.4) is 0 Å². The molecule has 2 rings (SSSR count). The molecular formula is C9H12N2O. The SMILES string of the molecule is CC(C)C1N=CNc2ccoc21. The van der Waals surface area contributed by atoms with Gasteiger partial charge in [-0.2, -0.15) is 0 Å². The Bertz CT molecular complexity index is 301. The molecule has 12 heavy (non-hydrogen) atoms. The third kappa shape index (κ3) is 1.02. The summed E-state index contributed by atoms with van der Waals surface area (Å²) in [5.41, 5.74) is 1.05. The molecular weight excluding hydrogens is 152 g/mol. The van der Waals surface area contributed by atoms with Gasteiger partial charge in [0.15, 0.2) is 5.76 Å². The Morgan fingerprint density at radius 2 is 2.42 bits per heavy atom. The van der Waals surface area contributed by atoms with E-state index in [2.05, 4.69) is 24.2 Å². The Labute approximate surface area is 71.5 Å². The van der Waals surface area contributed by atoms with Crippen molar-refractivity contribution in [2.45, 2.75) is 19.9 Å². The number of aliphatic imine (C=N–C) groups is 1. The summed E-state index contributed by atoms with van der Waals surface area (Å²) in [6.45, 7) is 4.28. The molecule has 1 aromatic rings. The van der Waals surface area contributed by atoms with Gasteiger partial charge in [0.1, 0.15) is 6.04 Å². The average molecular weight is 164 g/mol. The highest BCUT2D eigenvalue weighted by Gasteiger charge is 2.23. The van der Waals surface area contributed by atoms with E-state index < -0.39 is 0 Å². The van der Waals surface area contributed by atoms with Crippen LogP contribution in [0.2, 0.25) is 0 Å².